The van der Waals surface area contributed by atoms with Gasteiger partial charge in [-0.25, -0.2) is 13.4 Å². The summed E-state index contributed by atoms with van der Waals surface area (Å²) >= 11 is 0. The largest absolute Gasteiger partial charge is 0.390 e. The van der Waals surface area contributed by atoms with Gasteiger partial charge in [-0.05, 0) is 19.3 Å². The molecule has 0 aliphatic carbocycles. The number of rotatable bonds is 3. The molecule has 0 saturated carbocycles. The molecule has 2 fully saturated rings. The SMILES string of the molecule is Cn1ccnc1CN1CC[C@@]2(CCCN2S(C)(=O)=O)[C@@H](O)C1. The number of piperidine rings is 1. The molecule has 0 bridgehead atoms. The predicted molar refractivity (Wildman–Crippen MR) is 82.6 cm³/mol. The Balaban J connectivity index is 1.73. The van der Waals surface area contributed by atoms with Crippen LogP contribution in [-0.4, -0.2) is 69.8 Å². The molecule has 1 aromatic rings. The van der Waals surface area contributed by atoms with Crippen molar-refractivity contribution < 1.29 is 13.5 Å². The van der Waals surface area contributed by atoms with Gasteiger partial charge in [-0.3, -0.25) is 4.90 Å². The van der Waals surface area contributed by atoms with Crippen LogP contribution in [0.3, 0.4) is 0 Å². The van der Waals surface area contributed by atoms with Gasteiger partial charge in [-0.1, -0.05) is 0 Å². The fourth-order valence-corrected chi connectivity index (χ4v) is 5.30. The molecular weight excluding hydrogens is 304 g/mol. The first-order valence-corrected chi connectivity index (χ1v) is 9.52. The Morgan fingerprint density at radius 3 is 2.77 bits per heavy atom. The highest BCUT2D eigenvalue weighted by atomic mass is 32.2. The van der Waals surface area contributed by atoms with Gasteiger partial charge in [-0.15, -0.1) is 0 Å². The van der Waals surface area contributed by atoms with Crippen molar-refractivity contribution in [3.05, 3.63) is 18.2 Å². The van der Waals surface area contributed by atoms with Crippen molar-refractivity contribution in [1.29, 1.82) is 0 Å². The number of aromatic nitrogens is 2. The summed E-state index contributed by atoms with van der Waals surface area (Å²) in [5, 5.41) is 10.7. The molecule has 1 aromatic heterocycles. The molecule has 2 aliphatic heterocycles. The van der Waals surface area contributed by atoms with Gasteiger partial charge < -0.3 is 9.67 Å². The minimum absolute atomic E-state index is 0.485. The first-order chi connectivity index (χ1) is 10.3. The van der Waals surface area contributed by atoms with E-state index in [1.165, 1.54) is 10.6 Å². The second kappa shape index (κ2) is 5.59. The number of β-amino-alcohol motifs (C(OH)–C–C–N with tert-alkyl or cyclic N) is 1. The summed E-state index contributed by atoms with van der Waals surface area (Å²) in [5.74, 6) is 0.953. The summed E-state index contributed by atoms with van der Waals surface area (Å²) < 4.78 is 27.5. The van der Waals surface area contributed by atoms with Crippen molar-refractivity contribution in [3.63, 3.8) is 0 Å². The number of aliphatic hydroxyl groups excluding tert-OH is 1. The van der Waals surface area contributed by atoms with Crippen LogP contribution in [-0.2, 0) is 23.6 Å². The zero-order valence-electron chi connectivity index (χ0n) is 13.1. The fourth-order valence-electron chi connectivity index (χ4n) is 3.87. The summed E-state index contributed by atoms with van der Waals surface area (Å²) in [4.78, 5) is 6.46. The monoisotopic (exact) mass is 328 g/mol. The highest BCUT2D eigenvalue weighted by molar-refractivity contribution is 7.88. The summed E-state index contributed by atoms with van der Waals surface area (Å²) in [6.45, 7) is 2.46. The van der Waals surface area contributed by atoms with Crippen LogP contribution in [0.1, 0.15) is 25.1 Å². The Bertz CT molecular complexity index is 644. The standard InChI is InChI=1S/C14H24N4O3S/c1-16-9-6-15-13(16)11-17-8-5-14(12(19)10-17)4-3-7-18(14)22(2,20)21/h6,9,12,19H,3-5,7-8,10-11H2,1-2H3/t12-,14-/m0/s1. The maximum absolute atomic E-state index is 12.0. The van der Waals surface area contributed by atoms with E-state index >= 15 is 0 Å². The topological polar surface area (TPSA) is 78.7 Å². The lowest BCUT2D eigenvalue weighted by atomic mass is 9.83. The molecule has 8 heteroatoms. The van der Waals surface area contributed by atoms with E-state index in [2.05, 4.69) is 9.88 Å². The summed E-state index contributed by atoms with van der Waals surface area (Å²) in [5.41, 5.74) is -0.605. The minimum atomic E-state index is -3.28. The zero-order chi connectivity index (χ0) is 16.0. The van der Waals surface area contributed by atoms with Crippen LogP contribution in [0.15, 0.2) is 12.4 Å². The number of sulfonamides is 1. The lowest BCUT2D eigenvalue weighted by Gasteiger charge is -2.47. The Morgan fingerprint density at radius 2 is 2.18 bits per heavy atom. The van der Waals surface area contributed by atoms with E-state index in [1.807, 2.05) is 17.8 Å². The number of aryl methyl sites for hydroxylation is 1. The maximum Gasteiger partial charge on any atom is 0.211 e. The van der Waals surface area contributed by atoms with E-state index in [0.29, 0.717) is 26.1 Å². The van der Waals surface area contributed by atoms with Gasteiger partial charge in [0, 0.05) is 39.1 Å². The van der Waals surface area contributed by atoms with Crippen LogP contribution in [0.2, 0.25) is 0 Å². The van der Waals surface area contributed by atoms with Crippen LogP contribution in [0, 0.1) is 0 Å². The van der Waals surface area contributed by atoms with Crippen LogP contribution in [0.5, 0.6) is 0 Å². The summed E-state index contributed by atoms with van der Waals surface area (Å²) in [6.07, 6.45) is 6.50. The molecule has 124 valence electrons. The second-order valence-corrected chi connectivity index (χ2v) is 8.40. The van der Waals surface area contributed by atoms with E-state index in [9.17, 15) is 13.5 Å². The second-order valence-electron chi connectivity index (χ2n) is 6.50. The summed E-state index contributed by atoms with van der Waals surface area (Å²) in [6, 6.07) is 0. The van der Waals surface area contributed by atoms with E-state index in [-0.39, 0.29) is 0 Å². The molecule has 2 aliphatic rings. The molecule has 2 atom stereocenters. The van der Waals surface area contributed by atoms with Crippen molar-refractivity contribution in [1.82, 2.24) is 18.8 Å². The van der Waals surface area contributed by atoms with E-state index in [4.69, 9.17) is 0 Å². The van der Waals surface area contributed by atoms with Crippen molar-refractivity contribution in [3.8, 4) is 0 Å². The Labute approximate surface area is 131 Å². The molecule has 3 rings (SSSR count). The molecule has 0 amide bonds. The van der Waals surface area contributed by atoms with Crippen LogP contribution < -0.4 is 0 Å². The number of hydrogen-bond acceptors (Lipinski definition) is 5. The van der Waals surface area contributed by atoms with Crippen molar-refractivity contribution >= 4 is 10.0 Å². The van der Waals surface area contributed by atoms with E-state index in [1.54, 1.807) is 6.20 Å². The van der Waals surface area contributed by atoms with Crippen LogP contribution >= 0.6 is 0 Å². The third-order valence-electron chi connectivity index (χ3n) is 5.07. The molecular formula is C14H24N4O3S. The maximum atomic E-state index is 12.0. The molecule has 0 aromatic carbocycles. The Kier molecular flexibility index (Phi) is 4.05. The third kappa shape index (κ3) is 2.68. The Morgan fingerprint density at radius 1 is 1.41 bits per heavy atom. The van der Waals surface area contributed by atoms with Gasteiger partial charge in [0.2, 0.25) is 10.0 Å². The van der Waals surface area contributed by atoms with Gasteiger partial charge in [0.05, 0.1) is 24.4 Å². The van der Waals surface area contributed by atoms with Gasteiger partial charge in [0.15, 0.2) is 0 Å². The number of hydrogen-bond donors (Lipinski definition) is 1. The van der Waals surface area contributed by atoms with Crippen LogP contribution in [0.25, 0.3) is 0 Å². The van der Waals surface area contributed by atoms with Crippen LogP contribution in [0.4, 0.5) is 0 Å². The average molecular weight is 328 g/mol. The first-order valence-electron chi connectivity index (χ1n) is 7.67. The predicted octanol–water partition coefficient (Wildman–Crippen LogP) is -0.219. The van der Waals surface area contributed by atoms with Crippen molar-refractivity contribution in [2.75, 3.05) is 25.9 Å². The molecule has 2 saturated heterocycles. The van der Waals surface area contributed by atoms with Gasteiger partial charge >= 0.3 is 0 Å². The summed E-state index contributed by atoms with van der Waals surface area (Å²) in [7, 11) is -1.33. The highest BCUT2D eigenvalue weighted by Gasteiger charge is 2.52. The molecule has 1 N–H and O–H groups in total. The Hall–Kier alpha value is -0.960. The van der Waals surface area contributed by atoms with Gasteiger partial charge in [0.1, 0.15) is 5.82 Å². The average Bonchev–Trinajstić information content (AvgIpc) is 3.02. The molecule has 1 spiro atoms. The molecule has 7 nitrogen and oxygen atoms in total. The molecule has 3 heterocycles. The number of aliphatic hydroxyl groups is 1. The van der Waals surface area contributed by atoms with Crippen molar-refractivity contribution in [2.45, 2.75) is 37.5 Å². The van der Waals surface area contributed by atoms with Gasteiger partial charge in [0.25, 0.3) is 0 Å². The number of nitrogens with zero attached hydrogens (tertiary/aromatic N) is 4. The number of likely N-dealkylation sites (tertiary alicyclic amines) is 1. The fraction of sp³-hybridized carbons (Fsp3) is 0.786. The lowest BCUT2D eigenvalue weighted by Crippen LogP contribution is -2.62. The smallest absolute Gasteiger partial charge is 0.211 e. The lowest BCUT2D eigenvalue weighted by molar-refractivity contribution is -0.0387. The first kappa shape index (κ1) is 15.9. The normalized spacial score (nSPS) is 31.1. The van der Waals surface area contributed by atoms with Gasteiger partial charge in [-0.2, -0.15) is 4.31 Å². The third-order valence-corrected chi connectivity index (χ3v) is 6.41. The van der Waals surface area contributed by atoms with E-state index < -0.39 is 21.7 Å². The molecule has 22 heavy (non-hydrogen) atoms. The van der Waals surface area contributed by atoms with E-state index in [0.717, 1.165) is 25.2 Å². The number of imidazole rings is 1. The quantitative estimate of drug-likeness (QED) is 0.830. The highest BCUT2D eigenvalue weighted by Crippen LogP contribution is 2.40. The molecule has 0 unspecified atom stereocenters. The zero-order valence-corrected chi connectivity index (χ0v) is 14.0. The molecule has 0 radical (unpaired) electrons. The van der Waals surface area contributed by atoms with Crippen molar-refractivity contribution in [2.24, 2.45) is 7.05 Å². The minimum Gasteiger partial charge on any atom is -0.390 e.